The lowest BCUT2D eigenvalue weighted by Crippen LogP contribution is -2.36. The van der Waals surface area contributed by atoms with Gasteiger partial charge in [0.15, 0.2) is 0 Å². The normalized spacial score (nSPS) is 32.3. The molecular weight excluding hydrogens is 246 g/mol. The van der Waals surface area contributed by atoms with E-state index in [2.05, 4.69) is 41.2 Å². The summed E-state index contributed by atoms with van der Waals surface area (Å²) in [6.45, 7) is 5.99. The van der Waals surface area contributed by atoms with Crippen molar-refractivity contribution in [1.29, 1.82) is 0 Å². The lowest BCUT2D eigenvalue weighted by molar-refractivity contribution is 0.123. The van der Waals surface area contributed by atoms with Crippen LogP contribution in [0.2, 0.25) is 0 Å². The van der Waals surface area contributed by atoms with Gasteiger partial charge < -0.3 is 9.64 Å². The highest BCUT2D eigenvalue weighted by atomic mass is 32.1. The third-order valence-corrected chi connectivity index (χ3v) is 5.00. The zero-order valence-electron chi connectivity index (χ0n) is 11.3. The fourth-order valence-corrected chi connectivity index (χ4v) is 3.84. The van der Waals surface area contributed by atoms with Crippen LogP contribution in [0.4, 0.5) is 0 Å². The van der Waals surface area contributed by atoms with E-state index in [1.54, 1.807) is 11.3 Å². The minimum Gasteiger partial charge on any atom is -0.379 e. The van der Waals surface area contributed by atoms with E-state index in [1.165, 1.54) is 5.69 Å². The predicted molar refractivity (Wildman–Crippen MR) is 72.8 cm³/mol. The number of hydrogen-bond donors (Lipinski definition) is 0. The molecular formula is C13H21N3OS. The van der Waals surface area contributed by atoms with Gasteiger partial charge in [-0.1, -0.05) is 0 Å². The van der Waals surface area contributed by atoms with E-state index in [0.717, 1.165) is 31.3 Å². The number of hydrogen-bond acceptors (Lipinski definition) is 5. The average molecular weight is 267 g/mol. The molecule has 2 fully saturated rings. The van der Waals surface area contributed by atoms with Crippen molar-refractivity contribution in [1.82, 2.24) is 14.8 Å². The zero-order valence-corrected chi connectivity index (χ0v) is 12.1. The molecule has 2 aliphatic heterocycles. The standard InChI is InChI=1S/C13H21N3OS/c1-9-14-10(8-18-9)4-16-5-12(15(2)3)11-6-17-7-13(11)16/h8,11-13H,4-7H2,1-3H3/t11-,12-,13-/m1/s1. The van der Waals surface area contributed by atoms with Crippen molar-refractivity contribution in [3.8, 4) is 0 Å². The van der Waals surface area contributed by atoms with Gasteiger partial charge in [0, 0.05) is 36.5 Å². The van der Waals surface area contributed by atoms with Gasteiger partial charge in [-0.2, -0.15) is 0 Å². The van der Waals surface area contributed by atoms with E-state index < -0.39 is 0 Å². The van der Waals surface area contributed by atoms with E-state index in [-0.39, 0.29) is 0 Å². The van der Waals surface area contributed by atoms with Crippen LogP contribution < -0.4 is 0 Å². The van der Waals surface area contributed by atoms with Crippen LogP contribution in [0.5, 0.6) is 0 Å². The fraction of sp³-hybridized carbons (Fsp3) is 0.769. The Morgan fingerprint density at radius 3 is 3.00 bits per heavy atom. The van der Waals surface area contributed by atoms with E-state index in [1.807, 2.05) is 0 Å². The number of thiazole rings is 1. The Labute approximate surface area is 113 Å². The number of rotatable bonds is 3. The first-order chi connectivity index (χ1) is 8.65. The van der Waals surface area contributed by atoms with Crippen LogP contribution >= 0.6 is 11.3 Å². The first kappa shape index (κ1) is 12.5. The molecule has 2 saturated heterocycles. The van der Waals surface area contributed by atoms with Gasteiger partial charge in [-0.25, -0.2) is 4.98 Å². The molecule has 2 aliphatic rings. The highest BCUT2D eigenvalue weighted by molar-refractivity contribution is 7.09. The third kappa shape index (κ3) is 2.20. The molecule has 4 nitrogen and oxygen atoms in total. The molecule has 0 saturated carbocycles. The Kier molecular flexibility index (Phi) is 3.40. The maximum Gasteiger partial charge on any atom is 0.0897 e. The van der Waals surface area contributed by atoms with Crippen LogP contribution in [0.3, 0.4) is 0 Å². The molecule has 3 atom stereocenters. The van der Waals surface area contributed by atoms with Gasteiger partial charge in [-0.15, -0.1) is 11.3 Å². The van der Waals surface area contributed by atoms with Crippen LogP contribution in [0.15, 0.2) is 5.38 Å². The van der Waals surface area contributed by atoms with Crippen molar-refractivity contribution in [3.63, 3.8) is 0 Å². The van der Waals surface area contributed by atoms with Crippen molar-refractivity contribution in [2.75, 3.05) is 33.9 Å². The summed E-state index contributed by atoms with van der Waals surface area (Å²) in [6, 6.07) is 1.21. The Morgan fingerprint density at radius 1 is 1.50 bits per heavy atom. The van der Waals surface area contributed by atoms with Crippen molar-refractivity contribution < 1.29 is 4.74 Å². The van der Waals surface area contributed by atoms with Gasteiger partial charge in [0.05, 0.1) is 23.9 Å². The molecule has 3 heterocycles. The average Bonchev–Trinajstić information content (AvgIpc) is 2.96. The quantitative estimate of drug-likeness (QED) is 0.823. The summed E-state index contributed by atoms with van der Waals surface area (Å²) in [5.41, 5.74) is 1.21. The number of aromatic nitrogens is 1. The Hall–Kier alpha value is -0.490. The number of nitrogens with zero attached hydrogens (tertiary/aromatic N) is 3. The molecule has 0 aliphatic carbocycles. The minimum absolute atomic E-state index is 0.583. The van der Waals surface area contributed by atoms with E-state index >= 15 is 0 Å². The van der Waals surface area contributed by atoms with E-state index in [9.17, 15) is 0 Å². The smallest absolute Gasteiger partial charge is 0.0897 e. The third-order valence-electron chi connectivity index (χ3n) is 4.17. The molecule has 0 spiro atoms. The highest BCUT2D eigenvalue weighted by Gasteiger charge is 2.46. The van der Waals surface area contributed by atoms with Gasteiger partial charge in [-0.3, -0.25) is 4.90 Å². The summed E-state index contributed by atoms with van der Waals surface area (Å²) in [5, 5.41) is 3.34. The van der Waals surface area contributed by atoms with Crippen molar-refractivity contribution >= 4 is 11.3 Å². The van der Waals surface area contributed by atoms with Gasteiger partial charge in [-0.05, 0) is 21.0 Å². The number of likely N-dealkylation sites (N-methyl/N-ethyl adjacent to an activating group) is 1. The molecule has 0 radical (unpaired) electrons. The van der Waals surface area contributed by atoms with Crippen LogP contribution in [0.1, 0.15) is 10.7 Å². The lowest BCUT2D eigenvalue weighted by atomic mass is 9.99. The lowest BCUT2D eigenvalue weighted by Gasteiger charge is -2.23. The maximum atomic E-state index is 5.68. The monoisotopic (exact) mass is 267 g/mol. The van der Waals surface area contributed by atoms with Crippen LogP contribution in [0, 0.1) is 12.8 Å². The number of likely N-dealkylation sites (tertiary alicyclic amines) is 1. The molecule has 3 rings (SSSR count). The summed E-state index contributed by atoms with van der Waals surface area (Å²) in [4.78, 5) is 9.48. The van der Waals surface area contributed by atoms with Crippen molar-refractivity contribution in [3.05, 3.63) is 16.1 Å². The molecule has 0 bridgehead atoms. The molecule has 1 aromatic rings. The topological polar surface area (TPSA) is 28.6 Å². The van der Waals surface area contributed by atoms with Gasteiger partial charge in [0.25, 0.3) is 0 Å². The second-order valence-electron chi connectivity index (χ2n) is 5.59. The first-order valence-corrected chi connectivity index (χ1v) is 7.42. The Morgan fingerprint density at radius 2 is 2.33 bits per heavy atom. The van der Waals surface area contributed by atoms with Gasteiger partial charge in [0.2, 0.25) is 0 Å². The fourth-order valence-electron chi connectivity index (χ4n) is 3.23. The maximum absolute atomic E-state index is 5.68. The minimum atomic E-state index is 0.583. The van der Waals surface area contributed by atoms with E-state index in [4.69, 9.17) is 4.74 Å². The molecule has 1 aromatic heterocycles. The molecule has 0 aromatic carbocycles. The molecule has 0 unspecified atom stereocenters. The first-order valence-electron chi connectivity index (χ1n) is 6.54. The second-order valence-corrected chi connectivity index (χ2v) is 6.65. The Balaban J connectivity index is 1.73. The predicted octanol–water partition coefficient (Wildman–Crippen LogP) is 1.21. The summed E-state index contributed by atoms with van der Waals surface area (Å²) < 4.78 is 5.68. The van der Waals surface area contributed by atoms with Crippen LogP contribution in [-0.2, 0) is 11.3 Å². The van der Waals surface area contributed by atoms with Crippen molar-refractivity contribution in [2.45, 2.75) is 25.6 Å². The largest absolute Gasteiger partial charge is 0.379 e. The summed E-state index contributed by atoms with van der Waals surface area (Å²) in [6.07, 6.45) is 0. The van der Waals surface area contributed by atoms with Gasteiger partial charge >= 0.3 is 0 Å². The number of aryl methyl sites for hydroxylation is 1. The molecule has 100 valence electrons. The van der Waals surface area contributed by atoms with Gasteiger partial charge in [0.1, 0.15) is 0 Å². The second kappa shape index (κ2) is 4.89. The summed E-state index contributed by atoms with van der Waals surface area (Å²) >= 11 is 1.74. The molecule has 18 heavy (non-hydrogen) atoms. The number of ether oxygens (including phenoxy) is 1. The number of fused-ring (bicyclic) bond motifs is 1. The van der Waals surface area contributed by atoms with Crippen LogP contribution in [-0.4, -0.2) is 60.7 Å². The molecule has 5 heteroatoms. The Bertz CT molecular complexity index is 420. The molecule has 0 amide bonds. The van der Waals surface area contributed by atoms with Crippen LogP contribution in [0.25, 0.3) is 0 Å². The zero-order chi connectivity index (χ0) is 12.7. The summed E-state index contributed by atoms with van der Waals surface area (Å²) in [5.74, 6) is 0.666. The van der Waals surface area contributed by atoms with Crippen molar-refractivity contribution in [2.24, 2.45) is 5.92 Å². The van der Waals surface area contributed by atoms with E-state index in [0.29, 0.717) is 18.0 Å². The summed E-state index contributed by atoms with van der Waals surface area (Å²) in [7, 11) is 4.35. The highest BCUT2D eigenvalue weighted by Crippen LogP contribution is 2.33. The molecule has 0 N–H and O–H groups in total. The SMILES string of the molecule is Cc1nc(CN2C[C@@H](N(C)C)[C@H]3COC[C@H]32)cs1.